The zero-order chi connectivity index (χ0) is 8.27. The van der Waals surface area contributed by atoms with Gasteiger partial charge in [0.05, 0.1) is 6.07 Å². The average Bonchev–Trinajstić information content (AvgIpc) is 2.69. The largest absolute Gasteiger partial charge is 0.465 e. The number of carbonyl (C=O) groups is 1. The first-order chi connectivity index (χ1) is 5.22. The molecule has 1 saturated carbocycles. The molecule has 1 atom stereocenters. The molecule has 11 heavy (non-hydrogen) atoms. The standard InChI is InChI=1S/C7H10N2O2/c8-4-6(9-7(10)11)3-5-1-2-5/h5-6,9H,1-3H2,(H,10,11)/t6-/m0/s1. The smallest absolute Gasteiger partial charge is 0.405 e. The maximum Gasteiger partial charge on any atom is 0.405 e. The molecular weight excluding hydrogens is 144 g/mol. The molecule has 0 bridgehead atoms. The Balaban J connectivity index is 2.24. The second kappa shape index (κ2) is 3.24. The Kier molecular flexibility index (Phi) is 2.32. The topological polar surface area (TPSA) is 73.1 Å². The highest BCUT2D eigenvalue weighted by Crippen LogP contribution is 2.33. The van der Waals surface area contributed by atoms with Crippen LogP contribution in [0.1, 0.15) is 19.3 Å². The maximum atomic E-state index is 10.1. The summed E-state index contributed by atoms with van der Waals surface area (Å²) in [5.74, 6) is 0.575. The van der Waals surface area contributed by atoms with Gasteiger partial charge in [-0.3, -0.25) is 0 Å². The van der Waals surface area contributed by atoms with E-state index in [4.69, 9.17) is 10.4 Å². The van der Waals surface area contributed by atoms with Crippen LogP contribution in [0.3, 0.4) is 0 Å². The minimum atomic E-state index is -1.11. The molecule has 0 aromatic rings. The molecule has 1 aliphatic rings. The second-order valence-electron chi connectivity index (χ2n) is 2.81. The third kappa shape index (κ3) is 2.89. The summed E-state index contributed by atoms with van der Waals surface area (Å²) in [6.45, 7) is 0. The Morgan fingerprint density at radius 2 is 2.45 bits per heavy atom. The van der Waals surface area contributed by atoms with Crippen LogP contribution in [0.2, 0.25) is 0 Å². The van der Waals surface area contributed by atoms with Gasteiger partial charge in [-0.2, -0.15) is 5.26 Å². The molecule has 1 fully saturated rings. The Labute approximate surface area is 64.8 Å². The third-order valence-corrected chi connectivity index (χ3v) is 1.72. The van der Waals surface area contributed by atoms with Gasteiger partial charge in [0.1, 0.15) is 6.04 Å². The van der Waals surface area contributed by atoms with Crippen molar-refractivity contribution in [1.29, 1.82) is 5.26 Å². The summed E-state index contributed by atoms with van der Waals surface area (Å²) in [4.78, 5) is 10.1. The van der Waals surface area contributed by atoms with Crippen LogP contribution in [-0.2, 0) is 0 Å². The number of nitriles is 1. The van der Waals surface area contributed by atoms with Crippen molar-refractivity contribution in [1.82, 2.24) is 5.32 Å². The summed E-state index contributed by atoms with van der Waals surface area (Å²) >= 11 is 0. The van der Waals surface area contributed by atoms with E-state index in [1.54, 1.807) is 0 Å². The summed E-state index contributed by atoms with van der Waals surface area (Å²) in [5, 5.41) is 18.9. The molecule has 0 unspecified atom stereocenters. The van der Waals surface area contributed by atoms with Crippen molar-refractivity contribution in [3.05, 3.63) is 0 Å². The van der Waals surface area contributed by atoms with Gasteiger partial charge in [0.15, 0.2) is 0 Å². The predicted octanol–water partition coefficient (Wildman–Crippen LogP) is 0.946. The lowest BCUT2D eigenvalue weighted by molar-refractivity contribution is 0.191. The third-order valence-electron chi connectivity index (χ3n) is 1.72. The number of hydrogen-bond acceptors (Lipinski definition) is 2. The van der Waals surface area contributed by atoms with Crippen LogP contribution in [0.5, 0.6) is 0 Å². The van der Waals surface area contributed by atoms with Crippen molar-refractivity contribution in [3.63, 3.8) is 0 Å². The van der Waals surface area contributed by atoms with E-state index in [1.165, 1.54) is 0 Å². The van der Waals surface area contributed by atoms with Crippen molar-refractivity contribution in [3.8, 4) is 6.07 Å². The number of carboxylic acid groups (broad SMARTS) is 1. The van der Waals surface area contributed by atoms with Crippen molar-refractivity contribution in [2.24, 2.45) is 5.92 Å². The molecule has 1 amide bonds. The Morgan fingerprint density at radius 3 is 2.82 bits per heavy atom. The highest BCUT2D eigenvalue weighted by Gasteiger charge is 2.25. The minimum Gasteiger partial charge on any atom is -0.465 e. The molecule has 2 N–H and O–H groups in total. The summed E-state index contributed by atoms with van der Waals surface area (Å²) in [6.07, 6.45) is 1.83. The van der Waals surface area contributed by atoms with E-state index in [9.17, 15) is 4.79 Å². The molecule has 0 aromatic heterocycles. The summed E-state index contributed by atoms with van der Waals surface area (Å²) in [5.41, 5.74) is 0. The van der Waals surface area contributed by atoms with Gasteiger partial charge in [0, 0.05) is 0 Å². The maximum absolute atomic E-state index is 10.1. The lowest BCUT2D eigenvalue weighted by Crippen LogP contribution is -2.32. The van der Waals surface area contributed by atoms with E-state index >= 15 is 0 Å². The highest BCUT2D eigenvalue weighted by atomic mass is 16.4. The van der Waals surface area contributed by atoms with Gasteiger partial charge >= 0.3 is 6.09 Å². The van der Waals surface area contributed by atoms with E-state index in [0.29, 0.717) is 12.3 Å². The molecule has 0 aliphatic heterocycles. The van der Waals surface area contributed by atoms with Gasteiger partial charge in [-0.1, -0.05) is 12.8 Å². The van der Waals surface area contributed by atoms with E-state index in [1.807, 2.05) is 6.07 Å². The van der Waals surface area contributed by atoms with Crippen molar-refractivity contribution in [2.45, 2.75) is 25.3 Å². The normalized spacial score (nSPS) is 18.5. The van der Waals surface area contributed by atoms with Gasteiger partial charge in [0.25, 0.3) is 0 Å². The molecule has 0 aromatic carbocycles. The van der Waals surface area contributed by atoms with Crippen molar-refractivity contribution in [2.75, 3.05) is 0 Å². The fraction of sp³-hybridized carbons (Fsp3) is 0.714. The number of hydrogen-bond donors (Lipinski definition) is 2. The van der Waals surface area contributed by atoms with Gasteiger partial charge < -0.3 is 10.4 Å². The molecule has 1 aliphatic carbocycles. The Morgan fingerprint density at radius 1 is 1.82 bits per heavy atom. The fourth-order valence-corrected chi connectivity index (χ4v) is 0.980. The van der Waals surface area contributed by atoms with Crippen LogP contribution in [0, 0.1) is 17.2 Å². The second-order valence-corrected chi connectivity index (χ2v) is 2.81. The monoisotopic (exact) mass is 154 g/mol. The SMILES string of the molecule is N#C[C@H](CC1CC1)NC(=O)O. The first-order valence-corrected chi connectivity index (χ1v) is 3.61. The highest BCUT2D eigenvalue weighted by molar-refractivity contribution is 5.65. The summed E-state index contributed by atoms with van der Waals surface area (Å²) in [6, 6.07) is 1.40. The predicted molar refractivity (Wildman–Crippen MR) is 37.9 cm³/mol. The van der Waals surface area contributed by atoms with E-state index in [0.717, 1.165) is 12.8 Å². The zero-order valence-electron chi connectivity index (χ0n) is 6.08. The van der Waals surface area contributed by atoms with Gasteiger partial charge in [-0.15, -0.1) is 0 Å². The van der Waals surface area contributed by atoms with Crippen LogP contribution >= 0.6 is 0 Å². The lowest BCUT2D eigenvalue weighted by atomic mass is 10.1. The van der Waals surface area contributed by atoms with Crippen molar-refractivity contribution >= 4 is 6.09 Å². The molecule has 0 spiro atoms. The zero-order valence-corrected chi connectivity index (χ0v) is 6.08. The number of amides is 1. The molecule has 1 rings (SSSR count). The number of rotatable bonds is 3. The van der Waals surface area contributed by atoms with Gasteiger partial charge in [0.2, 0.25) is 0 Å². The van der Waals surface area contributed by atoms with E-state index in [-0.39, 0.29) is 0 Å². The first kappa shape index (κ1) is 7.86. The molecule has 0 saturated heterocycles. The molecule has 60 valence electrons. The van der Waals surface area contributed by atoms with Crippen LogP contribution in [0.15, 0.2) is 0 Å². The average molecular weight is 154 g/mol. The molecular formula is C7H10N2O2. The van der Waals surface area contributed by atoms with Crippen LogP contribution in [-0.4, -0.2) is 17.2 Å². The fourth-order valence-electron chi connectivity index (χ4n) is 0.980. The van der Waals surface area contributed by atoms with Crippen LogP contribution in [0.25, 0.3) is 0 Å². The summed E-state index contributed by atoms with van der Waals surface area (Å²) < 4.78 is 0. The summed E-state index contributed by atoms with van der Waals surface area (Å²) in [7, 11) is 0. The van der Waals surface area contributed by atoms with E-state index < -0.39 is 12.1 Å². The van der Waals surface area contributed by atoms with Gasteiger partial charge in [-0.25, -0.2) is 4.79 Å². The first-order valence-electron chi connectivity index (χ1n) is 3.61. The quantitative estimate of drug-likeness (QED) is 0.635. The molecule has 4 nitrogen and oxygen atoms in total. The molecule has 0 heterocycles. The Bertz CT molecular complexity index is 193. The number of nitrogens with zero attached hydrogens (tertiary/aromatic N) is 1. The lowest BCUT2D eigenvalue weighted by Gasteiger charge is -2.06. The number of nitrogens with one attached hydrogen (secondary N) is 1. The van der Waals surface area contributed by atoms with E-state index in [2.05, 4.69) is 5.32 Å². The molecule has 0 radical (unpaired) electrons. The minimum absolute atomic E-state index is 0.514. The molecule has 4 heteroatoms. The Hall–Kier alpha value is -1.24. The van der Waals surface area contributed by atoms with Crippen LogP contribution < -0.4 is 5.32 Å². The van der Waals surface area contributed by atoms with Gasteiger partial charge in [-0.05, 0) is 12.3 Å². The van der Waals surface area contributed by atoms with Crippen molar-refractivity contribution < 1.29 is 9.90 Å². The van der Waals surface area contributed by atoms with Crippen LogP contribution in [0.4, 0.5) is 4.79 Å².